The third kappa shape index (κ3) is 2.58. The van der Waals surface area contributed by atoms with Gasteiger partial charge in [0.15, 0.2) is 0 Å². The zero-order valence-corrected chi connectivity index (χ0v) is 8.83. The van der Waals surface area contributed by atoms with Crippen molar-refractivity contribution >= 4 is 5.95 Å². The molecule has 2 rings (SSSR count). The number of H-pyrrole nitrogens is 1. The molecule has 0 radical (unpaired) electrons. The molecular weight excluding hydrogens is 190 g/mol. The first-order chi connectivity index (χ1) is 7.25. The largest absolute Gasteiger partial charge is 0.369 e. The van der Waals surface area contributed by atoms with E-state index in [-0.39, 0.29) is 11.5 Å². The van der Waals surface area contributed by atoms with Gasteiger partial charge in [0, 0.05) is 12.0 Å². The van der Waals surface area contributed by atoms with Crippen molar-refractivity contribution < 1.29 is 0 Å². The Morgan fingerprint density at radius 2 is 1.93 bits per heavy atom. The Morgan fingerprint density at radius 1 is 1.27 bits per heavy atom. The van der Waals surface area contributed by atoms with Crippen molar-refractivity contribution in [2.45, 2.75) is 44.4 Å². The van der Waals surface area contributed by atoms with Gasteiger partial charge in [-0.05, 0) is 12.8 Å². The van der Waals surface area contributed by atoms with Crippen LogP contribution in [-0.4, -0.2) is 9.97 Å². The molecule has 1 fully saturated rings. The predicted molar refractivity (Wildman–Crippen MR) is 59.7 cm³/mol. The molecule has 0 atom stereocenters. The number of nitrogens with one attached hydrogen (secondary N) is 1. The third-order valence-corrected chi connectivity index (χ3v) is 3.05. The second kappa shape index (κ2) is 4.47. The smallest absolute Gasteiger partial charge is 0.252 e. The molecule has 15 heavy (non-hydrogen) atoms. The van der Waals surface area contributed by atoms with Crippen LogP contribution >= 0.6 is 0 Å². The molecule has 82 valence electrons. The van der Waals surface area contributed by atoms with Crippen LogP contribution in [0, 0.1) is 0 Å². The number of aromatic nitrogens is 2. The van der Waals surface area contributed by atoms with E-state index < -0.39 is 0 Å². The molecule has 1 aromatic heterocycles. The summed E-state index contributed by atoms with van der Waals surface area (Å²) in [7, 11) is 0. The Balaban J connectivity index is 2.23. The zero-order valence-electron chi connectivity index (χ0n) is 8.83. The molecule has 4 nitrogen and oxygen atoms in total. The Bertz CT molecular complexity index is 378. The first-order valence-electron chi connectivity index (χ1n) is 5.62. The highest BCUT2D eigenvalue weighted by Gasteiger charge is 2.16. The minimum absolute atomic E-state index is 0.137. The monoisotopic (exact) mass is 207 g/mol. The lowest BCUT2D eigenvalue weighted by Gasteiger charge is -2.12. The summed E-state index contributed by atoms with van der Waals surface area (Å²) in [6, 6.07) is 1.59. The van der Waals surface area contributed by atoms with E-state index in [1.54, 1.807) is 6.07 Å². The van der Waals surface area contributed by atoms with Crippen molar-refractivity contribution in [3.63, 3.8) is 0 Å². The van der Waals surface area contributed by atoms with E-state index in [0.717, 1.165) is 18.5 Å². The average Bonchev–Trinajstić information content (AvgIpc) is 2.43. The van der Waals surface area contributed by atoms with Crippen LogP contribution in [0.3, 0.4) is 0 Å². The molecule has 3 N–H and O–H groups in total. The van der Waals surface area contributed by atoms with Crippen LogP contribution in [0.25, 0.3) is 0 Å². The first-order valence-corrected chi connectivity index (χ1v) is 5.62. The van der Waals surface area contributed by atoms with Crippen LogP contribution in [0.1, 0.15) is 50.1 Å². The highest BCUT2D eigenvalue weighted by atomic mass is 16.1. The highest BCUT2D eigenvalue weighted by Crippen LogP contribution is 2.29. The number of hydrogen-bond acceptors (Lipinski definition) is 3. The number of rotatable bonds is 1. The second-order valence-electron chi connectivity index (χ2n) is 4.24. The summed E-state index contributed by atoms with van der Waals surface area (Å²) in [5.41, 5.74) is 6.27. The van der Waals surface area contributed by atoms with Gasteiger partial charge in [0.25, 0.3) is 5.56 Å². The summed E-state index contributed by atoms with van der Waals surface area (Å²) in [4.78, 5) is 18.0. The summed E-state index contributed by atoms with van der Waals surface area (Å²) < 4.78 is 0. The molecule has 1 aromatic rings. The molecule has 1 heterocycles. The van der Waals surface area contributed by atoms with Crippen molar-refractivity contribution in [1.29, 1.82) is 0 Å². The Labute approximate surface area is 88.9 Å². The maximum absolute atomic E-state index is 11.3. The summed E-state index contributed by atoms with van der Waals surface area (Å²) in [6.07, 6.45) is 7.34. The van der Waals surface area contributed by atoms with Crippen LogP contribution in [0.4, 0.5) is 5.95 Å². The van der Waals surface area contributed by atoms with Crippen molar-refractivity contribution in [3.8, 4) is 0 Å². The number of nitrogens with zero attached hydrogens (tertiary/aromatic N) is 1. The van der Waals surface area contributed by atoms with Gasteiger partial charge in [-0.25, -0.2) is 4.98 Å². The topological polar surface area (TPSA) is 71.8 Å². The van der Waals surface area contributed by atoms with Gasteiger partial charge in [0.2, 0.25) is 5.95 Å². The molecule has 0 aliphatic heterocycles. The highest BCUT2D eigenvalue weighted by molar-refractivity contribution is 5.19. The van der Waals surface area contributed by atoms with Gasteiger partial charge in [-0.15, -0.1) is 0 Å². The SMILES string of the molecule is Nc1nc(C2CCCCCC2)cc(=O)[nH]1. The number of aromatic amines is 1. The second-order valence-corrected chi connectivity index (χ2v) is 4.24. The normalized spacial score (nSPS) is 18.7. The van der Waals surface area contributed by atoms with Crippen LogP contribution in [-0.2, 0) is 0 Å². The van der Waals surface area contributed by atoms with Crippen molar-refractivity contribution in [3.05, 3.63) is 22.1 Å². The Kier molecular flexibility index (Phi) is 3.04. The van der Waals surface area contributed by atoms with Gasteiger partial charge < -0.3 is 5.73 Å². The Morgan fingerprint density at radius 3 is 2.53 bits per heavy atom. The summed E-state index contributed by atoms with van der Waals surface area (Å²) >= 11 is 0. The van der Waals surface area contributed by atoms with Crippen molar-refractivity contribution in [2.75, 3.05) is 5.73 Å². The average molecular weight is 207 g/mol. The molecule has 0 spiro atoms. The summed E-state index contributed by atoms with van der Waals surface area (Å²) in [6.45, 7) is 0. The lowest BCUT2D eigenvalue weighted by Crippen LogP contribution is -2.14. The molecule has 1 saturated carbocycles. The fourth-order valence-electron chi connectivity index (χ4n) is 2.28. The molecule has 0 saturated heterocycles. The van der Waals surface area contributed by atoms with Gasteiger partial charge >= 0.3 is 0 Å². The maximum Gasteiger partial charge on any atom is 0.252 e. The standard InChI is InChI=1S/C11H17N3O/c12-11-13-9(7-10(15)14-11)8-5-3-1-2-4-6-8/h7-8H,1-6H2,(H3,12,13,14,15). The zero-order chi connectivity index (χ0) is 10.7. The van der Waals surface area contributed by atoms with Gasteiger partial charge in [-0.3, -0.25) is 9.78 Å². The fourth-order valence-corrected chi connectivity index (χ4v) is 2.28. The van der Waals surface area contributed by atoms with E-state index in [0.29, 0.717) is 5.92 Å². The minimum Gasteiger partial charge on any atom is -0.369 e. The van der Waals surface area contributed by atoms with E-state index >= 15 is 0 Å². The van der Waals surface area contributed by atoms with Gasteiger partial charge in [-0.1, -0.05) is 25.7 Å². The number of nitrogen functional groups attached to an aromatic ring is 1. The van der Waals surface area contributed by atoms with Gasteiger partial charge in [0.1, 0.15) is 0 Å². The van der Waals surface area contributed by atoms with Crippen LogP contribution < -0.4 is 11.3 Å². The van der Waals surface area contributed by atoms with E-state index in [1.807, 2.05) is 0 Å². The molecule has 0 unspecified atom stereocenters. The molecule has 1 aliphatic rings. The molecular formula is C11H17N3O. The molecule has 0 bridgehead atoms. The molecule has 1 aliphatic carbocycles. The third-order valence-electron chi connectivity index (χ3n) is 3.05. The predicted octanol–water partition coefficient (Wildman–Crippen LogP) is 1.79. The van der Waals surface area contributed by atoms with Crippen LogP contribution in [0.5, 0.6) is 0 Å². The van der Waals surface area contributed by atoms with Gasteiger partial charge in [-0.2, -0.15) is 0 Å². The van der Waals surface area contributed by atoms with E-state index in [9.17, 15) is 4.79 Å². The molecule has 4 heteroatoms. The van der Waals surface area contributed by atoms with Gasteiger partial charge in [0.05, 0.1) is 5.69 Å². The first kappa shape index (κ1) is 10.2. The minimum atomic E-state index is -0.137. The Hall–Kier alpha value is -1.32. The van der Waals surface area contributed by atoms with E-state index in [1.165, 1.54) is 25.7 Å². The van der Waals surface area contributed by atoms with E-state index in [4.69, 9.17) is 5.73 Å². The quantitative estimate of drug-likeness (QED) is 0.689. The maximum atomic E-state index is 11.3. The molecule has 0 amide bonds. The number of nitrogens with two attached hydrogens (primary N) is 1. The van der Waals surface area contributed by atoms with Crippen LogP contribution in [0.15, 0.2) is 10.9 Å². The summed E-state index contributed by atoms with van der Waals surface area (Å²) in [5.74, 6) is 0.666. The fraction of sp³-hybridized carbons (Fsp3) is 0.636. The van der Waals surface area contributed by atoms with E-state index in [2.05, 4.69) is 9.97 Å². The number of anilines is 1. The van der Waals surface area contributed by atoms with Crippen molar-refractivity contribution in [1.82, 2.24) is 9.97 Å². The lowest BCUT2D eigenvalue weighted by molar-refractivity contribution is 0.576. The lowest BCUT2D eigenvalue weighted by atomic mass is 9.96. The molecule has 0 aromatic carbocycles. The van der Waals surface area contributed by atoms with Crippen molar-refractivity contribution in [2.24, 2.45) is 0 Å². The number of hydrogen-bond donors (Lipinski definition) is 2. The summed E-state index contributed by atoms with van der Waals surface area (Å²) in [5, 5.41) is 0. The van der Waals surface area contributed by atoms with Crippen LogP contribution in [0.2, 0.25) is 0 Å².